The Balaban J connectivity index is 3.81. The van der Waals surface area contributed by atoms with E-state index in [4.69, 9.17) is 5.73 Å². The molecule has 0 rings (SSSR count). The summed E-state index contributed by atoms with van der Waals surface area (Å²) in [6, 6.07) is 0. The maximum absolute atomic E-state index is 10.7. The maximum Gasteiger partial charge on any atom is 0.228 e. The minimum atomic E-state index is -3.10. The lowest BCUT2D eigenvalue weighted by molar-refractivity contribution is -0.115. The molecule has 0 unspecified atom stereocenters. The fraction of sp³-hybridized carbons (Fsp3) is 0.750. The van der Waals surface area contributed by atoms with Gasteiger partial charge in [-0.1, -0.05) is 6.92 Å². The highest BCUT2D eigenvalue weighted by molar-refractivity contribution is 8.72. The number of carbonyl (C=O) groups is 1. The predicted octanol–water partition coefficient (Wildman–Crippen LogP) is -0.445. The van der Waals surface area contributed by atoms with Gasteiger partial charge in [-0.15, -0.1) is 0 Å². The smallest absolute Gasteiger partial charge is 0.228 e. The Hall–Kier alpha value is -0.230. The highest BCUT2D eigenvalue weighted by atomic mass is 33.1. The van der Waals surface area contributed by atoms with Crippen molar-refractivity contribution in [1.29, 1.82) is 0 Å². The van der Waals surface area contributed by atoms with E-state index >= 15 is 0 Å². The molecule has 0 radical (unpaired) electrons. The first-order valence-electron chi connectivity index (χ1n) is 2.63. The molecule has 60 valence electrons. The van der Waals surface area contributed by atoms with E-state index in [0.717, 1.165) is 0 Å². The maximum atomic E-state index is 10.7. The van der Waals surface area contributed by atoms with Crippen LogP contribution in [0.3, 0.4) is 0 Å². The lowest BCUT2D eigenvalue weighted by atomic mass is 10.8. The average Bonchev–Trinajstić information content (AvgIpc) is 1.85. The van der Waals surface area contributed by atoms with Gasteiger partial charge in [0.25, 0.3) is 0 Å². The summed E-state index contributed by atoms with van der Waals surface area (Å²) >= 11 is 0. The monoisotopic (exact) mass is 183 g/mol. The second kappa shape index (κ2) is 3.82. The first-order chi connectivity index (χ1) is 4.48. The third-order valence-corrected chi connectivity index (χ3v) is 4.34. The summed E-state index contributed by atoms with van der Waals surface area (Å²) in [4.78, 5) is 10.1. The number of primary amides is 1. The van der Waals surface area contributed by atoms with Crippen LogP contribution in [-0.2, 0) is 13.7 Å². The number of nitrogens with two attached hydrogens (primary N) is 1. The van der Waals surface area contributed by atoms with Crippen molar-refractivity contribution in [3.8, 4) is 0 Å². The molecule has 6 heteroatoms. The lowest BCUT2D eigenvalue weighted by Gasteiger charge is -1.95. The van der Waals surface area contributed by atoms with Gasteiger partial charge in [0.05, 0.1) is 11.5 Å². The van der Waals surface area contributed by atoms with Gasteiger partial charge >= 0.3 is 0 Å². The van der Waals surface area contributed by atoms with Crippen molar-refractivity contribution in [3.63, 3.8) is 0 Å². The van der Waals surface area contributed by atoms with Crippen LogP contribution in [0.2, 0.25) is 0 Å². The molecule has 0 aromatic carbocycles. The molecule has 0 aromatic heterocycles. The van der Waals surface area contributed by atoms with Crippen LogP contribution in [0.15, 0.2) is 0 Å². The minimum Gasteiger partial charge on any atom is -0.369 e. The van der Waals surface area contributed by atoms with E-state index in [1.165, 1.54) is 6.92 Å². The van der Waals surface area contributed by atoms with E-state index < -0.39 is 14.8 Å². The van der Waals surface area contributed by atoms with Crippen LogP contribution >= 0.6 is 10.8 Å². The molecule has 0 aliphatic rings. The van der Waals surface area contributed by atoms with Crippen LogP contribution in [0.5, 0.6) is 0 Å². The van der Waals surface area contributed by atoms with Crippen molar-refractivity contribution in [2.45, 2.75) is 6.92 Å². The van der Waals surface area contributed by atoms with E-state index in [1.54, 1.807) is 0 Å². The molecule has 0 heterocycles. The Bertz CT molecular complexity index is 209. The number of carbonyl (C=O) groups excluding carboxylic acids is 1. The molecular weight excluding hydrogens is 174 g/mol. The van der Waals surface area contributed by atoms with Gasteiger partial charge in [0.1, 0.15) is 0 Å². The fourth-order valence-electron chi connectivity index (χ4n) is 0.231. The average molecular weight is 183 g/mol. The standard InChI is InChI=1S/C4H9NO3S2/c1-2-10(7,8)9-3-4(5)6/h2-3H2,1H3,(H2,5,6). The van der Waals surface area contributed by atoms with Crippen molar-refractivity contribution in [3.05, 3.63) is 0 Å². The molecule has 1 amide bonds. The number of amides is 1. The lowest BCUT2D eigenvalue weighted by Crippen LogP contribution is -2.15. The molecule has 10 heavy (non-hydrogen) atoms. The van der Waals surface area contributed by atoms with E-state index in [1.807, 2.05) is 0 Å². The van der Waals surface area contributed by atoms with Gasteiger partial charge in [-0.3, -0.25) is 4.79 Å². The fourth-order valence-corrected chi connectivity index (χ4v) is 2.08. The van der Waals surface area contributed by atoms with Crippen LogP contribution < -0.4 is 5.73 Å². The minimum absolute atomic E-state index is 0.0327. The van der Waals surface area contributed by atoms with Crippen LogP contribution in [-0.4, -0.2) is 25.8 Å². The molecule has 0 saturated heterocycles. The molecule has 0 bridgehead atoms. The first-order valence-corrected chi connectivity index (χ1v) is 5.79. The van der Waals surface area contributed by atoms with Crippen LogP contribution in [0.1, 0.15) is 6.92 Å². The van der Waals surface area contributed by atoms with Crippen molar-refractivity contribution in [2.75, 3.05) is 11.5 Å². The zero-order valence-corrected chi connectivity index (χ0v) is 7.17. The Morgan fingerprint density at radius 1 is 1.60 bits per heavy atom. The third kappa shape index (κ3) is 4.63. The molecule has 0 spiro atoms. The zero-order valence-electron chi connectivity index (χ0n) is 5.53. The zero-order chi connectivity index (χ0) is 8.20. The Morgan fingerprint density at radius 2 is 2.10 bits per heavy atom. The summed E-state index contributed by atoms with van der Waals surface area (Å²) in [6.45, 7) is 1.52. The second-order valence-corrected chi connectivity index (χ2v) is 6.02. The SMILES string of the molecule is CCS(=O)(=O)SCC(N)=O. The van der Waals surface area contributed by atoms with Gasteiger partial charge in [-0.05, 0) is 10.8 Å². The van der Waals surface area contributed by atoms with E-state index in [2.05, 4.69) is 0 Å². The predicted molar refractivity (Wildman–Crippen MR) is 41.1 cm³/mol. The third-order valence-electron chi connectivity index (χ3n) is 0.734. The first kappa shape index (κ1) is 9.77. The quantitative estimate of drug-likeness (QED) is 0.599. The normalized spacial score (nSPS) is 11.3. The van der Waals surface area contributed by atoms with E-state index in [0.29, 0.717) is 10.8 Å². The molecule has 2 N–H and O–H groups in total. The summed E-state index contributed by atoms with van der Waals surface area (Å²) < 4.78 is 21.3. The number of rotatable bonds is 4. The summed E-state index contributed by atoms with van der Waals surface area (Å²) in [7, 11) is -2.51. The van der Waals surface area contributed by atoms with Gasteiger partial charge < -0.3 is 5.73 Å². The number of hydrogen-bond acceptors (Lipinski definition) is 4. The summed E-state index contributed by atoms with van der Waals surface area (Å²) in [5.74, 6) is -0.733. The summed E-state index contributed by atoms with van der Waals surface area (Å²) in [5.41, 5.74) is 4.73. The van der Waals surface area contributed by atoms with Gasteiger partial charge in [0, 0.05) is 0 Å². The van der Waals surface area contributed by atoms with Gasteiger partial charge in [0.2, 0.25) is 14.8 Å². The molecule has 0 saturated carbocycles. The second-order valence-electron chi connectivity index (χ2n) is 1.57. The van der Waals surface area contributed by atoms with Crippen molar-refractivity contribution in [1.82, 2.24) is 0 Å². The van der Waals surface area contributed by atoms with Gasteiger partial charge in [-0.2, -0.15) is 0 Å². The Kier molecular flexibility index (Phi) is 3.73. The molecular formula is C4H9NO3S2. The molecule has 0 fully saturated rings. The largest absolute Gasteiger partial charge is 0.369 e. The van der Waals surface area contributed by atoms with Crippen LogP contribution in [0.25, 0.3) is 0 Å². The highest BCUT2D eigenvalue weighted by Gasteiger charge is 2.08. The van der Waals surface area contributed by atoms with Gasteiger partial charge in [-0.25, -0.2) is 8.42 Å². The topological polar surface area (TPSA) is 77.2 Å². The van der Waals surface area contributed by atoms with E-state index in [9.17, 15) is 13.2 Å². The van der Waals surface area contributed by atoms with Crippen LogP contribution in [0, 0.1) is 0 Å². The molecule has 0 aliphatic carbocycles. The van der Waals surface area contributed by atoms with Gasteiger partial charge in [0.15, 0.2) is 0 Å². The summed E-state index contributed by atoms with van der Waals surface area (Å²) in [6.07, 6.45) is 0. The molecule has 4 nitrogen and oxygen atoms in total. The van der Waals surface area contributed by atoms with Crippen molar-refractivity contribution < 1.29 is 13.2 Å². The molecule has 0 aliphatic heterocycles. The molecule has 0 atom stereocenters. The Labute approximate surface area is 63.5 Å². The van der Waals surface area contributed by atoms with E-state index in [-0.39, 0.29) is 11.5 Å². The molecule has 0 aromatic rings. The highest BCUT2D eigenvalue weighted by Crippen LogP contribution is 2.10. The van der Waals surface area contributed by atoms with Crippen molar-refractivity contribution in [2.24, 2.45) is 5.73 Å². The summed E-state index contributed by atoms with van der Waals surface area (Å²) in [5, 5.41) is 0. The number of hydrogen-bond donors (Lipinski definition) is 1. The van der Waals surface area contributed by atoms with Crippen LogP contribution in [0.4, 0.5) is 0 Å². The Morgan fingerprint density at radius 3 is 2.40 bits per heavy atom. The van der Waals surface area contributed by atoms with Crippen molar-refractivity contribution >= 4 is 25.6 Å².